The van der Waals surface area contributed by atoms with Crippen molar-refractivity contribution in [3.63, 3.8) is 0 Å². The van der Waals surface area contributed by atoms with Crippen LogP contribution in [0.2, 0.25) is 0 Å². The third-order valence-corrected chi connectivity index (χ3v) is 4.07. The van der Waals surface area contributed by atoms with Crippen LogP contribution < -0.4 is 14.2 Å². The summed E-state index contributed by atoms with van der Waals surface area (Å²) >= 11 is 0. The largest absolute Gasteiger partial charge is 0.486 e. The smallest absolute Gasteiger partial charge is 0.301 e. The summed E-state index contributed by atoms with van der Waals surface area (Å²) in [4.78, 5) is 0. The Kier molecular flexibility index (Phi) is 2.37. The number of nitrogens with one attached hydrogen (secondary N) is 1. The van der Waals surface area contributed by atoms with Gasteiger partial charge in [0.2, 0.25) is 0 Å². The van der Waals surface area contributed by atoms with E-state index in [-0.39, 0.29) is 0 Å². The summed E-state index contributed by atoms with van der Waals surface area (Å²) in [5, 5.41) is 0. The van der Waals surface area contributed by atoms with E-state index in [0.29, 0.717) is 43.5 Å². The first kappa shape index (κ1) is 10.7. The highest BCUT2D eigenvalue weighted by molar-refractivity contribution is 7.90. The number of ether oxygens (including phenoxy) is 2. The van der Waals surface area contributed by atoms with E-state index in [0.717, 1.165) is 0 Å². The van der Waals surface area contributed by atoms with Gasteiger partial charge in [-0.15, -0.1) is 0 Å². The minimum absolute atomic E-state index is 0.481. The fourth-order valence-electron chi connectivity index (χ4n) is 1.60. The van der Waals surface area contributed by atoms with Gasteiger partial charge in [0, 0.05) is 19.2 Å². The maximum absolute atomic E-state index is 11.7. The van der Waals surface area contributed by atoms with Crippen molar-refractivity contribution in [3.8, 4) is 11.5 Å². The lowest BCUT2D eigenvalue weighted by Gasteiger charge is -2.19. The summed E-state index contributed by atoms with van der Waals surface area (Å²) in [6.07, 6.45) is 0. The van der Waals surface area contributed by atoms with Gasteiger partial charge in [-0.25, -0.2) is 0 Å². The Morgan fingerprint density at radius 1 is 1.12 bits per heavy atom. The molecule has 1 fully saturated rings. The highest BCUT2D eigenvalue weighted by atomic mass is 32.2. The van der Waals surface area contributed by atoms with Crippen molar-refractivity contribution in [2.24, 2.45) is 0 Å². The van der Waals surface area contributed by atoms with Crippen LogP contribution in [0.5, 0.6) is 11.5 Å². The number of hydrogen-bond donors (Lipinski definition) is 1. The molecule has 1 aromatic carbocycles. The number of nitrogens with zero attached hydrogens (tertiary/aromatic N) is 1. The molecule has 2 aliphatic heterocycles. The molecule has 7 heteroatoms. The van der Waals surface area contributed by atoms with Crippen molar-refractivity contribution in [2.75, 3.05) is 31.0 Å². The molecule has 0 aliphatic carbocycles. The number of fused-ring (bicyclic) bond motifs is 1. The van der Waals surface area contributed by atoms with Crippen molar-refractivity contribution in [1.82, 2.24) is 4.31 Å². The molecule has 6 nitrogen and oxygen atoms in total. The number of anilines is 1. The van der Waals surface area contributed by atoms with Crippen LogP contribution in [0.3, 0.4) is 0 Å². The second-order valence-corrected chi connectivity index (χ2v) is 5.54. The summed E-state index contributed by atoms with van der Waals surface area (Å²) in [5.41, 5.74) is 0.487. The Morgan fingerprint density at radius 3 is 2.53 bits per heavy atom. The van der Waals surface area contributed by atoms with Gasteiger partial charge in [-0.1, -0.05) is 0 Å². The maximum atomic E-state index is 11.7. The fraction of sp³-hybridized carbons (Fsp3) is 0.400. The molecule has 0 bridgehead atoms. The van der Waals surface area contributed by atoms with Crippen LogP contribution in [0.15, 0.2) is 18.2 Å². The topological polar surface area (TPSA) is 67.6 Å². The molecule has 1 saturated heterocycles. The van der Waals surface area contributed by atoms with E-state index in [4.69, 9.17) is 9.47 Å². The lowest BCUT2D eigenvalue weighted by molar-refractivity contribution is 0.171. The van der Waals surface area contributed by atoms with Gasteiger partial charge < -0.3 is 9.47 Å². The summed E-state index contributed by atoms with van der Waals surface area (Å²) in [6.45, 7) is 2.17. The van der Waals surface area contributed by atoms with Crippen molar-refractivity contribution >= 4 is 15.9 Å². The van der Waals surface area contributed by atoms with E-state index >= 15 is 0 Å². The molecule has 0 amide bonds. The molecule has 1 N–H and O–H groups in total. The second kappa shape index (κ2) is 3.78. The lowest BCUT2D eigenvalue weighted by Crippen LogP contribution is -2.21. The monoisotopic (exact) mass is 256 g/mol. The van der Waals surface area contributed by atoms with Gasteiger partial charge in [0.05, 0.1) is 5.69 Å². The predicted molar refractivity (Wildman–Crippen MR) is 61.5 cm³/mol. The Bertz CT molecular complexity index is 539. The Labute approximate surface area is 99.3 Å². The average Bonchev–Trinajstić information content (AvgIpc) is 3.12. The van der Waals surface area contributed by atoms with Gasteiger partial charge in [0.15, 0.2) is 11.5 Å². The average molecular weight is 256 g/mol. The summed E-state index contributed by atoms with van der Waals surface area (Å²) in [7, 11) is -3.38. The molecule has 2 heterocycles. The molecule has 0 saturated carbocycles. The third-order valence-electron chi connectivity index (χ3n) is 2.54. The van der Waals surface area contributed by atoms with Gasteiger partial charge in [0.25, 0.3) is 0 Å². The molecule has 1 aromatic rings. The molecule has 3 rings (SSSR count). The molecule has 0 aromatic heterocycles. The molecule has 0 unspecified atom stereocenters. The van der Waals surface area contributed by atoms with Gasteiger partial charge in [-0.05, 0) is 12.1 Å². The zero-order valence-corrected chi connectivity index (χ0v) is 9.87. The fourth-order valence-corrected chi connectivity index (χ4v) is 2.72. The highest BCUT2D eigenvalue weighted by Gasteiger charge is 2.31. The van der Waals surface area contributed by atoms with E-state index in [2.05, 4.69) is 4.72 Å². The van der Waals surface area contributed by atoms with Crippen molar-refractivity contribution in [1.29, 1.82) is 0 Å². The Morgan fingerprint density at radius 2 is 1.82 bits per heavy atom. The van der Waals surface area contributed by atoms with Crippen molar-refractivity contribution in [3.05, 3.63) is 18.2 Å². The number of hydrogen-bond acceptors (Lipinski definition) is 4. The van der Waals surface area contributed by atoms with Gasteiger partial charge in [-0.3, -0.25) is 4.72 Å². The van der Waals surface area contributed by atoms with E-state index in [9.17, 15) is 8.42 Å². The third kappa shape index (κ3) is 2.16. The molecule has 2 aliphatic rings. The maximum Gasteiger partial charge on any atom is 0.301 e. The normalized spacial score (nSPS) is 18.8. The first-order valence-corrected chi connectivity index (χ1v) is 6.77. The Balaban J connectivity index is 1.84. The van der Waals surface area contributed by atoms with Crippen LogP contribution in [0.1, 0.15) is 0 Å². The van der Waals surface area contributed by atoms with Crippen LogP contribution in [-0.2, 0) is 10.2 Å². The molecular formula is C10H12N2O4S. The molecule has 0 spiro atoms. The van der Waals surface area contributed by atoms with Gasteiger partial charge in [-0.2, -0.15) is 12.7 Å². The summed E-state index contributed by atoms with van der Waals surface area (Å²) in [6, 6.07) is 5.00. The van der Waals surface area contributed by atoms with Crippen LogP contribution in [0.25, 0.3) is 0 Å². The molecule has 0 atom stereocenters. The zero-order chi connectivity index (χ0) is 11.9. The first-order valence-electron chi connectivity index (χ1n) is 5.33. The number of rotatable bonds is 3. The second-order valence-electron chi connectivity index (χ2n) is 3.86. The zero-order valence-electron chi connectivity index (χ0n) is 9.05. The lowest BCUT2D eigenvalue weighted by atomic mass is 10.3. The standard InChI is InChI=1S/C10H12N2O4S/c13-17(14,12-3-4-12)11-8-1-2-9-10(7-8)16-6-5-15-9/h1-2,7,11H,3-6H2. The molecule has 92 valence electrons. The Hall–Kier alpha value is -1.47. The van der Waals surface area contributed by atoms with Crippen LogP contribution in [0, 0.1) is 0 Å². The predicted octanol–water partition coefficient (Wildman–Crippen LogP) is 0.430. The molecule has 0 radical (unpaired) electrons. The number of benzene rings is 1. The van der Waals surface area contributed by atoms with E-state index in [1.807, 2.05) is 0 Å². The van der Waals surface area contributed by atoms with Crippen LogP contribution in [0.4, 0.5) is 5.69 Å². The van der Waals surface area contributed by atoms with Crippen molar-refractivity contribution < 1.29 is 17.9 Å². The highest BCUT2D eigenvalue weighted by Crippen LogP contribution is 2.33. The van der Waals surface area contributed by atoms with Crippen molar-refractivity contribution in [2.45, 2.75) is 0 Å². The molecule has 17 heavy (non-hydrogen) atoms. The first-order chi connectivity index (χ1) is 8.15. The van der Waals surface area contributed by atoms with E-state index in [1.54, 1.807) is 18.2 Å². The van der Waals surface area contributed by atoms with Crippen LogP contribution >= 0.6 is 0 Å². The summed E-state index contributed by atoms with van der Waals surface area (Å²) < 4.78 is 37.9. The van der Waals surface area contributed by atoms with E-state index in [1.165, 1.54) is 4.31 Å². The SMILES string of the molecule is O=S(=O)(Nc1ccc2c(c1)OCCO2)N1CC1. The minimum atomic E-state index is -3.38. The van der Waals surface area contributed by atoms with Crippen LogP contribution in [-0.4, -0.2) is 39.0 Å². The minimum Gasteiger partial charge on any atom is -0.486 e. The molecular weight excluding hydrogens is 244 g/mol. The van der Waals surface area contributed by atoms with Gasteiger partial charge in [0.1, 0.15) is 13.2 Å². The summed E-state index contributed by atoms with van der Waals surface area (Å²) in [5.74, 6) is 1.22. The quantitative estimate of drug-likeness (QED) is 0.796. The van der Waals surface area contributed by atoms with Gasteiger partial charge >= 0.3 is 10.2 Å². The van der Waals surface area contributed by atoms with E-state index < -0.39 is 10.2 Å².